The minimum atomic E-state index is 0.677. The molecule has 7 heteroatoms. The van der Waals surface area contributed by atoms with E-state index in [0.717, 1.165) is 51.5 Å². The molecule has 0 aliphatic carbocycles. The van der Waals surface area contributed by atoms with Gasteiger partial charge in [-0.3, -0.25) is 4.79 Å². The van der Waals surface area contributed by atoms with Crippen molar-refractivity contribution in [1.82, 2.24) is 20.1 Å². The number of piperazine rings is 1. The summed E-state index contributed by atoms with van der Waals surface area (Å²) in [5.74, 6) is 2.30. The third-order valence-electron chi connectivity index (χ3n) is 4.26. The molecule has 3 rings (SSSR count). The van der Waals surface area contributed by atoms with E-state index < -0.39 is 0 Å². The normalized spacial score (nSPS) is 23.3. The Bertz CT molecular complexity index is 488. The lowest BCUT2D eigenvalue weighted by atomic mass is 10.0. The maximum atomic E-state index is 10.8. The predicted molar refractivity (Wildman–Crippen MR) is 80.3 cm³/mol. The molecule has 1 amide bonds. The first-order valence-corrected chi connectivity index (χ1v) is 7.65. The molecule has 0 bridgehead atoms. The number of hydrogen-bond acceptors (Lipinski definition) is 6. The van der Waals surface area contributed by atoms with Gasteiger partial charge in [0.2, 0.25) is 12.4 Å². The number of anilines is 2. The van der Waals surface area contributed by atoms with Crippen molar-refractivity contribution >= 4 is 18.2 Å². The van der Waals surface area contributed by atoms with Crippen molar-refractivity contribution in [2.45, 2.75) is 19.8 Å². The molecule has 1 aromatic rings. The molecule has 21 heavy (non-hydrogen) atoms. The summed E-state index contributed by atoms with van der Waals surface area (Å²) < 4.78 is 0. The molecule has 0 spiro atoms. The molecule has 1 aromatic heterocycles. The number of hydrogen-bond donors (Lipinski definition) is 0. The first-order valence-electron chi connectivity index (χ1n) is 7.65. The van der Waals surface area contributed by atoms with Crippen LogP contribution in [0.25, 0.3) is 0 Å². The third kappa shape index (κ3) is 3.22. The highest BCUT2D eigenvalue weighted by molar-refractivity contribution is 5.48. The van der Waals surface area contributed by atoms with Crippen LogP contribution in [0.15, 0.2) is 6.20 Å². The van der Waals surface area contributed by atoms with Gasteiger partial charge in [0.1, 0.15) is 0 Å². The van der Waals surface area contributed by atoms with Gasteiger partial charge in [0.15, 0.2) is 5.82 Å². The van der Waals surface area contributed by atoms with Gasteiger partial charge in [0, 0.05) is 39.3 Å². The van der Waals surface area contributed by atoms with Crippen LogP contribution in [-0.4, -0.2) is 65.8 Å². The zero-order chi connectivity index (χ0) is 14.7. The monoisotopic (exact) mass is 290 g/mol. The smallest absolute Gasteiger partial charge is 0.247 e. The van der Waals surface area contributed by atoms with Gasteiger partial charge >= 0.3 is 0 Å². The van der Waals surface area contributed by atoms with E-state index in [1.807, 2.05) is 0 Å². The fourth-order valence-corrected chi connectivity index (χ4v) is 3.00. The Morgan fingerprint density at radius 1 is 1.19 bits per heavy atom. The lowest BCUT2D eigenvalue weighted by molar-refractivity contribution is -0.118. The first kappa shape index (κ1) is 14.0. The number of piperidine rings is 1. The average Bonchev–Trinajstić information content (AvgIpc) is 2.55. The number of nitrogens with zero attached hydrogens (tertiary/aromatic N) is 6. The van der Waals surface area contributed by atoms with E-state index in [4.69, 9.17) is 0 Å². The lowest BCUT2D eigenvalue weighted by Crippen LogP contribution is -2.46. The van der Waals surface area contributed by atoms with E-state index in [0.29, 0.717) is 11.9 Å². The Morgan fingerprint density at radius 3 is 2.71 bits per heavy atom. The van der Waals surface area contributed by atoms with Crippen molar-refractivity contribution in [2.75, 3.05) is 49.1 Å². The number of carbonyl (C=O) groups is 1. The Labute approximate surface area is 125 Å². The second kappa shape index (κ2) is 6.24. The largest absolute Gasteiger partial charge is 0.355 e. The van der Waals surface area contributed by atoms with Crippen molar-refractivity contribution in [1.29, 1.82) is 0 Å². The summed E-state index contributed by atoms with van der Waals surface area (Å²) >= 11 is 0. The molecule has 1 unspecified atom stereocenters. The zero-order valence-corrected chi connectivity index (χ0v) is 12.5. The van der Waals surface area contributed by atoms with Crippen molar-refractivity contribution in [3.63, 3.8) is 0 Å². The molecule has 114 valence electrons. The van der Waals surface area contributed by atoms with Gasteiger partial charge in [0.25, 0.3) is 0 Å². The molecule has 2 fully saturated rings. The maximum Gasteiger partial charge on any atom is 0.247 e. The minimum absolute atomic E-state index is 0.677. The van der Waals surface area contributed by atoms with Crippen LogP contribution < -0.4 is 9.80 Å². The summed E-state index contributed by atoms with van der Waals surface area (Å²) in [5.41, 5.74) is 0. The molecule has 1 atom stereocenters. The Morgan fingerprint density at radius 2 is 2.00 bits per heavy atom. The fraction of sp³-hybridized carbons (Fsp3) is 0.714. The number of amides is 1. The van der Waals surface area contributed by atoms with Gasteiger partial charge < -0.3 is 14.7 Å². The summed E-state index contributed by atoms with van der Waals surface area (Å²) in [6, 6.07) is 0. The SMILES string of the molecule is CC1CCCN(c2cnnc(N3CCN(C=O)CC3)n2)C1. The fourth-order valence-electron chi connectivity index (χ4n) is 3.00. The minimum Gasteiger partial charge on any atom is -0.355 e. The number of carbonyl (C=O) groups excluding carboxylic acids is 1. The van der Waals surface area contributed by atoms with Gasteiger partial charge in [-0.05, 0) is 18.8 Å². The second-order valence-electron chi connectivity index (χ2n) is 5.94. The molecule has 0 N–H and O–H groups in total. The van der Waals surface area contributed by atoms with Crippen LogP contribution in [0.1, 0.15) is 19.8 Å². The lowest BCUT2D eigenvalue weighted by Gasteiger charge is -2.34. The molecule has 0 aromatic carbocycles. The van der Waals surface area contributed by atoms with Gasteiger partial charge in [-0.25, -0.2) is 0 Å². The Balaban J connectivity index is 1.70. The van der Waals surface area contributed by atoms with Crippen molar-refractivity contribution in [3.05, 3.63) is 6.20 Å². The molecule has 7 nitrogen and oxygen atoms in total. The van der Waals surface area contributed by atoms with E-state index in [1.54, 1.807) is 11.1 Å². The van der Waals surface area contributed by atoms with Gasteiger partial charge in [0.05, 0.1) is 6.20 Å². The maximum absolute atomic E-state index is 10.8. The van der Waals surface area contributed by atoms with E-state index in [9.17, 15) is 4.79 Å². The van der Waals surface area contributed by atoms with Crippen LogP contribution >= 0.6 is 0 Å². The van der Waals surface area contributed by atoms with E-state index in [-0.39, 0.29) is 0 Å². The predicted octanol–water partition coefficient (Wildman–Crippen LogP) is 0.386. The topological polar surface area (TPSA) is 65.5 Å². The molecule has 2 aliphatic heterocycles. The van der Waals surface area contributed by atoms with Crippen LogP contribution in [0.2, 0.25) is 0 Å². The highest BCUT2D eigenvalue weighted by Crippen LogP contribution is 2.22. The number of rotatable bonds is 3. The van der Waals surface area contributed by atoms with Crippen molar-refractivity contribution < 1.29 is 4.79 Å². The summed E-state index contributed by atoms with van der Waals surface area (Å²) in [6.45, 7) is 7.33. The van der Waals surface area contributed by atoms with E-state index in [1.165, 1.54) is 12.8 Å². The third-order valence-corrected chi connectivity index (χ3v) is 4.26. The highest BCUT2D eigenvalue weighted by Gasteiger charge is 2.21. The van der Waals surface area contributed by atoms with Gasteiger partial charge in [-0.1, -0.05) is 6.92 Å². The van der Waals surface area contributed by atoms with Crippen molar-refractivity contribution in [2.24, 2.45) is 5.92 Å². The molecule has 0 saturated carbocycles. The van der Waals surface area contributed by atoms with Gasteiger partial charge in [-0.15, -0.1) is 5.10 Å². The van der Waals surface area contributed by atoms with Crippen LogP contribution in [0.3, 0.4) is 0 Å². The quantitative estimate of drug-likeness (QED) is 0.750. The Hall–Kier alpha value is -1.92. The first-order chi connectivity index (χ1) is 10.3. The Kier molecular flexibility index (Phi) is 4.17. The van der Waals surface area contributed by atoms with Crippen molar-refractivity contribution in [3.8, 4) is 0 Å². The molecular formula is C14H22N6O. The molecule has 3 heterocycles. The molecule has 2 aliphatic rings. The van der Waals surface area contributed by atoms with Crippen LogP contribution in [0.5, 0.6) is 0 Å². The standard InChI is InChI=1S/C14H22N6O/c1-12-3-2-4-20(10-12)13-9-15-17-14(16-13)19-7-5-18(11-21)6-8-19/h9,11-12H,2-8,10H2,1H3. The van der Waals surface area contributed by atoms with Crippen LogP contribution in [-0.2, 0) is 4.79 Å². The van der Waals surface area contributed by atoms with Crippen LogP contribution in [0.4, 0.5) is 11.8 Å². The summed E-state index contributed by atoms with van der Waals surface area (Å²) in [5, 5.41) is 8.28. The summed E-state index contributed by atoms with van der Waals surface area (Å²) in [4.78, 5) is 21.6. The summed E-state index contributed by atoms with van der Waals surface area (Å²) in [6.07, 6.45) is 5.15. The number of aromatic nitrogens is 3. The van der Waals surface area contributed by atoms with E-state index in [2.05, 4.69) is 31.9 Å². The highest BCUT2D eigenvalue weighted by atomic mass is 16.1. The molecular weight excluding hydrogens is 268 g/mol. The molecule has 0 radical (unpaired) electrons. The van der Waals surface area contributed by atoms with Crippen LogP contribution in [0, 0.1) is 5.92 Å². The average molecular weight is 290 g/mol. The molecule has 2 saturated heterocycles. The summed E-state index contributed by atoms with van der Waals surface area (Å²) in [7, 11) is 0. The van der Waals surface area contributed by atoms with E-state index >= 15 is 0 Å². The van der Waals surface area contributed by atoms with Gasteiger partial charge in [-0.2, -0.15) is 10.1 Å². The zero-order valence-electron chi connectivity index (χ0n) is 12.5. The second-order valence-corrected chi connectivity index (χ2v) is 5.94.